The van der Waals surface area contributed by atoms with Crippen LogP contribution < -0.4 is 10.6 Å². The monoisotopic (exact) mass is 395 g/mol. The molecule has 1 fully saturated rings. The Morgan fingerprint density at radius 1 is 1.21 bits per heavy atom. The molecule has 0 saturated heterocycles. The molecular weight excluding hydrogens is 374 g/mol. The second-order valence-corrected chi connectivity index (χ2v) is 7.86. The smallest absolute Gasteiger partial charge is 0.236 e. The van der Waals surface area contributed by atoms with Crippen molar-refractivity contribution in [3.05, 3.63) is 58.8 Å². The van der Waals surface area contributed by atoms with Crippen molar-refractivity contribution < 1.29 is 14.0 Å². The maximum absolute atomic E-state index is 12.3. The van der Waals surface area contributed by atoms with Crippen LogP contribution in [0.4, 0.5) is 5.69 Å². The van der Waals surface area contributed by atoms with E-state index in [9.17, 15) is 9.59 Å². The molecule has 2 amide bonds. The zero-order valence-corrected chi connectivity index (χ0v) is 16.3. The van der Waals surface area contributed by atoms with Crippen molar-refractivity contribution >= 4 is 28.8 Å². The highest BCUT2D eigenvalue weighted by atomic mass is 32.1. The summed E-state index contributed by atoms with van der Waals surface area (Å²) in [6.07, 6.45) is 2.14. The molecule has 6 nitrogen and oxygen atoms in total. The van der Waals surface area contributed by atoms with Crippen LogP contribution in [0.1, 0.15) is 29.9 Å². The number of nitrogens with one attached hydrogen (secondary N) is 2. The van der Waals surface area contributed by atoms with Crippen molar-refractivity contribution in [1.82, 2.24) is 10.3 Å². The fourth-order valence-electron chi connectivity index (χ4n) is 2.81. The lowest BCUT2D eigenvalue weighted by atomic mass is 10.2. The molecule has 4 rings (SSSR count). The number of thiophene rings is 1. The van der Waals surface area contributed by atoms with E-state index in [0.29, 0.717) is 23.9 Å². The molecule has 0 spiro atoms. The molecule has 1 aromatic carbocycles. The van der Waals surface area contributed by atoms with Gasteiger partial charge in [0.2, 0.25) is 17.7 Å². The number of hydrogen-bond donors (Lipinski definition) is 2. The van der Waals surface area contributed by atoms with Crippen molar-refractivity contribution in [1.29, 1.82) is 0 Å². The fraction of sp³-hybridized carbons (Fsp3) is 0.286. The van der Waals surface area contributed by atoms with Crippen molar-refractivity contribution in [3.8, 4) is 10.8 Å². The lowest BCUT2D eigenvalue weighted by Gasteiger charge is -2.07. The topological polar surface area (TPSA) is 84.2 Å². The molecule has 0 aliphatic heterocycles. The average Bonchev–Trinajstić information content (AvgIpc) is 3.28. The van der Waals surface area contributed by atoms with Crippen molar-refractivity contribution in [2.24, 2.45) is 5.92 Å². The van der Waals surface area contributed by atoms with E-state index in [4.69, 9.17) is 4.42 Å². The first kappa shape index (κ1) is 18.4. The SMILES string of the molecule is Cc1oc(-c2cccs2)nc1CC(=O)NCc1ccc(NC(=O)C2CC2)cc1. The Morgan fingerprint density at radius 3 is 2.68 bits per heavy atom. The van der Waals surface area contributed by atoms with Crippen molar-refractivity contribution in [2.75, 3.05) is 5.32 Å². The van der Waals surface area contributed by atoms with E-state index in [1.54, 1.807) is 11.3 Å². The summed E-state index contributed by atoms with van der Waals surface area (Å²) in [6.45, 7) is 2.24. The Balaban J connectivity index is 1.29. The van der Waals surface area contributed by atoms with Gasteiger partial charge in [0.05, 0.1) is 17.0 Å². The Kier molecular flexibility index (Phi) is 5.25. The number of anilines is 1. The largest absolute Gasteiger partial charge is 0.440 e. The summed E-state index contributed by atoms with van der Waals surface area (Å²) in [5.41, 5.74) is 2.40. The number of rotatable bonds is 7. The molecular formula is C21H21N3O3S. The number of benzene rings is 1. The molecule has 2 heterocycles. The highest BCUT2D eigenvalue weighted by Crippen LogP contribution is 2.30. The van der Waals surface area contributed by atoms with Gasteiger partial charge >= 0.3 is 0 Å². The lowest BCUT2D eigenvalue weighted by molar-refractivity contribution is -0.120. The minimum Gasteiger partial charge on any atom is -0.440 e. The fourth-order valence-corrected chi connectivity index (χ4v) is 3.46. The summed E-state index contributed by atoms with van der Waals surface area (Å²) in [7, 11) is 0. The van der Waals surface area contributed by atoms with Gasteiger partial charge in [-0.15, -0.1) is 11.3 Å². The van der Waals surface area contributed by atoms with Crippen LogP contribution in [-0.2, 0) is 22.6 Å². The molecule has 1 aliphatic rings. The minimum absolute atomic E-state index is 0.0888. The molecule has 0 atom stereocenters. The van der Waals surface area contributed by atoms with Crippen LogP contribution in [0.15, 0.2) is 46.2 Å². The van der Waals surface area contributed by atoms with E-state index in [1.807, 2.05) is 48.7 Å². The molecule has 1 saturated carbocycles. The number of carbonyl (C=O) groups excluding carboxylic acids is 2. The van der Waals surface area contributed by atoms with Crippen LogP contribution in [0.3, 0.4) is 0 Å². The molecule has 28 heavy (non-hydrogen) atoms. The van der Waals surface area contributed by atoms with Gasteiger partial charge in [0.1, 0.15) is 5.76 Å². The maximum atomic E-state index is 12.3. The Hall–Kier alpha value is -2.93. The van der Waals surface area contributed by atoms with Crippen LogP contribution in [0.25, 0.3) is 10.8 Å². The first-order chi connectivity index (χ1) is 13.6. The molecule has 144 valence electrons. The molecule has 0 unspecified atom stereocenters. The van der Waals surface area contributed by atoms with Gasteiger partial charge in [0.15, 0.2) is 0 Å². The number of aryl methyl sites for hydroxylation is 1. The predicted octanol–water partition coefficient (Wildman–Crippen LogP) is 3.92. The molecule has 3 aromatic rings. The summed E-state index contributed by atoms with van der Waals surface area (Å²) in [5, 5.41) is 7.77. The standard InChI is InChI=1S/C21H21N3O3S/c1-13-17(24-21(27-13)18-3-2-10-28-18)11-19(25)22-12-14-4-8-16(9-5-14)23-20(26)15-6-7-15/h2-5,8-10,15H,6-7,11-12H2,1H3,(H,22,25)(H,23,26). The van der Waals surface area contributed by atoms with Gasteiger partial charge in [-0.3, -0.25) is 9.59 Å². The maximum Gasteiger partial charge on any atom is 0.236 e. The summed E-state index contributed by atoms with van der Waals surface area (Å²) in [4.78, 5) is 29.4. The number of hydrogen-bond acceptors (Lipinski definition) is 5. The molecule has 1 aliphatic carbocycles. The average molecular weight is 395 g/mol. The number of amides is 2. The molecule has 2 aromatic heterocycles. The second-order valence-electron chi connectivity index (χ2n) is 6.91. The van der Waals surface area contributed by atoms with Gasteiger partial charge in [0.25, 0.3) is 0 Å². The van der Waals surface area contributed by atoms with Crippen molar-refractivity contribution in [2.45, 2.75) is 32.7 Å². The third kappa shape index (κ3) is 4.48. The van der Waals surface area contributed by atoms with Crippen LogP contribution in [-0.4, -0.2) is 16.8 Å². The predicted molar refractivity (Wildman–Crippen MR) is 108 cm³/mol. The zero-order valence-electron chi connectivity index (χ0n) is 15.5. The first-order valence-corrected chi connectivity index (χ1v) is 10.1. The quantitative estimate of drug-likeness (QED) is 0.635. The molecule has 2 N–H and O–H groups in total. The Morgan fingerprint density at radius 2 is 2.00 bits per heavy atom. The Bertz CT molecular complexity index is 973. The second kappa shape index (κ2) is 7.98. The van der Waals surface area contributed by atoms with Gasteiger partial charge in [-0.2, -0.15) is 0 Å². The highest BCUT2D eigenvalue weighted by molar-refractivity contribution is 7.13. The lowest BCUT2D eigenvalue weighted by Crippen LogP contribution is -2.25. The van der Waals surface area contributed by atoms with Crippen LogP contribution >= 0.6 is 11.3 Å². The van der Waals surface area contributed by atoms with E-state index in [1.165, 1.54) is 0 Å². The van der Waals surface area contributed by atoms with E-state index < -0.39 is 0 Å². The van der Waals surface area contributed by atoms with Crippen molar-refractivity contribution in [3.63, 3.8) is 0 Å². The highest BCUT2D eigenvalue weighted by Gasteiger charge is 2.29. The van der Waals surface area contributed by atoms with Crippen LogP contribution in [0, 0.1) is 12.8 Å². The summed E-state index contributed by atoms with van der Waals surface area (Å²) >= 11 is 1.55. The van der Waals surface area contributed by atoms with Gasteiger partial charge < -0.3 is 15.1 Å². The van der Waals surface area contributed by atoms with Gasteiger partial charge in [-0.25, -0.2) is 4.98 Å². The first-order valence-electron chi connectivity index (χ1n) is 9.25. The van der Waals surface area contributed by atoms with Crippen LogP contribution in [0.5, 0.6) is 0 Å². The van der Waals surface area contributed by atoms with Gasteiger partial charge in [0, 0.05) is 18.2 Å². The number of oxazole rings is 1. The van der Waals surface area contributed by atoms with Crippen LogP contribution in [0.2, 0.25) is 0 Å². The number of nitrogens with zero attached hydrogens (tertiary/aromatic N) is 1. The van der Waals surface area contributed by atoms with Gasteiger partial charge in [-0.1, -0.05) is 18.2 Å². The molecule has 0 radical (unpaired) electrons. The van der Waals surface area contributed by atoms with Gasteiger partial charge in [-0.05, 0) is 48.9 Å². The third-order valence-electron chi connectivity index (χ3n) is 4.61. The summed E-state index contributed by atoms with van der Waals surface area (Å²) < 4.78 is 5.67. The minimum atomic E-state index is -0.111. The summed E-state index contributed by atoms with van der Waals surface area (Å²) in [5.74, 6) is 1.37. The normalized spacial score (nSPS) is 13.3. The summed E-state index contributed by atoms with van der Waals surface area (Å²) in [6, 6.07) is 11.4. The van der Waals surface area contributed by atoms with E-state index in [-0.39, 0.29) is 24.2 Å². The van der Waals surface area contributed by atoms with E-state index in [2.05, 4.69) is 15.6 Å². The zero-order chi connectivity index (χ0) is 19.5. The number of aromatic nitrogens is 1. The third-order valence-corrected chi connectivity index (χ3v) is 5.47. The molecule has 0 bridgehead atoms. The Labute approximate surface area is 167 Å². The number of carbonyl (C=O) groups is 2. The van der Waals surface area contributed by atoms with E-state index in [0.717, 1.165) is 29.0 Å². The van der Waals surface area contributed by atoms with E-state index >= 15 is 0 Å². The molecule has 7 heteroatoms.